The lowest BCUT2D eigenvalue weighted by Gasteiger charge is -2.20. The fourth-order valence-corrected chi connectivity index (χ4v) is 13.5. The lowest BCUT2D eigenvalue weighted by Crippen LogP contribution is -2.31. The van der Waals surface area contributed by atoms with Crippen LogP contribution in [-0.2, 0) is 0 Å². The molecule has 0 saturated carbocycles. The number of aromatic nitrogens is 5. The third-order valence-electron chi connectivity index (χ3n) is 16.9. The standard InChI is InChI=1S/C73H51N7O4/c1-40-31-42(3)68(43(4)32-40)79-70(81)53-16-10-20-63(66(53)72(79)83)77-60-28-24-46(48-13-12-30-74-37-48)35-55(60)56-36-47(25-29-61(56)77)49-22-26-57(75-38-49)58-27-23-50(39-76-58)51-15-9-19-62-65(51)52-14-7-8-18-59(52)78(62)64-21-11-17-54-67(64)73(84)80(71(54)82)69-44(5)33-41(2)34-45(69)6/h7-39H,1-6H3. The minimum Gasteiger partial charge on any atom is -0.308 e. The molecule has 8 aromatic carbocycles. The van der Waals surface area contributed by atoms with Crippen LogP contribution in [0.3, 0.4) is 0 Å². The first-order valence-corrected chi connectivity index (χ1v) is 28.0. The monoisotopic (exact) mass is 1090 g/mol. The highest BCUT2D eigenvalue weighted by atomic mass is 16.2. The number of carbonyl (C=O) groups excluding carboxylic acids is 4. The maximum atomic E-state index is 14.8. The first kappa shape index (κ1) is 50.1. The third kappa shape index (κ3) is 7.48. The van der Waals surface area contributed by atoms with E-state index >= 15 is 0 Å². The molecule has 0 spiro atoms. The van der Waals surface area contributed by atoms with Gasteiger partial charge in [0.15, 0.2) is 0 Å². The van der Waals surface area contributed by atoms with E-state index < -0.39 is 0 Å². The number of fused-ring (bicyclic) bond motifs is 8. The van der Waals surface area contributed by atoms with Crippen LogP contribution in [0.2, 0.25) is 0 Å². The first-order chi connectivity index (χ1) is 40.8. The molecule has 2 aliphatic heterocycles. The average molecular weight is 1090 g/mol. The summed E-state index contributed by atoms with van der Waals surface area (Å²) < 4.78 is 4.22. The molecule has 0 radical (unpaired) electrons. The zero-order valence-corrected chi connectivity index (χ0v) is 46.8. The number of rotatable bonds is 8. The molecule has 15 rings (SSSR count). The number of benzene rings is 8. The van der Waals surface area contributed by atoms with Crippen LogP contribution < -0.4 is 9.80 Å². The maximum Gasteiger partial charge on any atom is 0.268 e. The van der Waals surface area contributed by atoms with Crippen LogP contribution >= 0.6 is 0 Å². The smallest absolute Gasteiger partial charge is 0.268 e. The number of para-hydroxylation sites is 1. The van der Waals surface area contributed by atoms with Crippen molar-refractivity contribution in [1.29, 1.82) is 0 Å². The molecule has 11 heteroatoms. The van der Waals surface area contributed by atoms with Crippen LogP contribution in [0, 0.1) is 41.5 Å². The Hall–Kier alpha value is -10.9. The Bertz CT molecular complexity index is 5010. The van der Waals surface area contributed by atoms with Gasteiger partial charge in [-0.25, -0.2) is 9.80 Å². The number of aryl methyl sites for hydroxylation is 6. The zero-order chi connectivity index (χ0) is 57.4. The SMILES string of the molecule is Cc1cc(C)c(N2C(=O)c3cccc(-n4c5ccc(-c6cccnc6)cc5c5cc(-c6ccc(-c7ccc(-c8cccc9c8c8ccccc8n9-c8cccc9c8C(=O)N(c8c(C)cc(C)cc8C)C9=O)cn7)nc6)ccc54)c3C2=O)c(C)c1. The Kier molecular flexibility index (Phi) is 11.2. The Morgan fingerprint density at radius 2 is 0.798 bits per heavy atom. The number of hydrogen-bond acceptors (Lipinski definition) is 7. The minimum absolute atomic E-state index is 0.328. The molecular formula is C73H51N7O4. The first-order valence-electron chi connectivity index (χ1n) is 28.0. The van der Waals surface area contributed by atoms with Gasteiger partial charge >= 0.3 is 0 Å². The lowest BCUT2D eigenvalue weighted by molar-refractivity contribution is 0.0910. The highest BCUT2D eigenvalue weighted by Crippen LogP contribution is 2.45. The van der Waals surface area contributed by atoms with Gasteiger partial charge in [0.05, 0.1) is 78.5 Å². The Morgan fingerprint density at radius 1 is 0.345 bits per heavy atom. The summed E-state index contributed by atoms with van der Waals surface area (Å²) in [4.78, 5) is 75.1. The van der Waals surface area contributed by atoms with Crippen LogP contribution in [-0.4, -0.2) is 47.7 Å². The molecule has 11 nitrogen and oxygen atoms in total. The number of nitrogens with zero attached hydrogens (tertiary/aromatic N) is 7. The average Bonchev–Trinajstić information content (AvgIpc) is 2.17. The van der Waals surface area contributed by atoms with Gasteiger partial charge in [-0.15, -0.1) is 0 Å². The summed E-state index contributed by atoms with van der Waals surface area (Å²) >= 11 is 0. The van der Waals surface area contributed by atoms with Crippen LogP contribution in [0.15, 0.2) is 201 Å². The molecule has 13 aromatic rings. The molecule has 0 saturated heterocycles. The van der Waals surface area contributed by atoms with E-state index in [1.54, 1.807) is 18.3 Å². The van der Waals surface area contributed by atoms with Crippen molar-refractivity contribution in [2.24, 2.45) is 0 Å². The molecule has 84 heavy (non-hydrogen) atoms. The van der Waals surface area contributed by atoms with Gasteiger partial charge in [0.2, 0.25) is 0 Å². The van der Waals surface area contributed by atoms with Crippen molar-refractivity contribution in [1.82, 2.24) is 24.1 Å². The van der Waals surface area contributed by atoms with Crippen LogP contribution in [0.5, 0.6) is 0 Å². The summed E-state index contributed by atoms with van der Waals surface area (Å²) in [6.45, 7) is 11.8. The van der Waals surface area contributed by atoms with E-state index in [1.807, 2.05) is 151 Å². The molecular weight excluding hydrogens is 1040 g/mol. The van der Waals surface area contributed by atoms with Gasteiger partial charge in [-0.3, -0.25) is 34.1 Å². The Labute approximate surface area is 483 Å². The van der Waals surface area contributed by atoms with E-state index in [4.69, 9.17) is 9.97 Å². The molecule has 2 aliphatic rings. The van der Waals surface area contributed by atoms with Gasteiger partial charge in [0.25, 0.3) is 23.6 Å². The topological polar surface area (TPSA) is 123 Å². The van der Waals surface area contributed by atoms with E-state index in [9.17, 15) is 19.2 Å². The van der Waals surface area contributed by atoms with Gasteiger partial charge in [0.1, 0.15) is 0 Å². The van der Waals surface area contributed by atoms with E-state index in [2.05, 4.69) is 86.9 Å². The largest absolute Gasteiger partial charge is 0.308 e. The summed E-state index contributed by atoms with van der Waals surface area (Å²) in [6, 6.07) is 58.2. The Balaban J connectivity index is 0.778. The second kappa shape index (κ2) is 18.8. The Morgan fingerprint density at radius 3 is 1.31 bits per heavy atom. The zero-order valence-electron chi connectivity index (χ0n) is 46.8. The number of carbonyl (C=O) groups is 4. The highest BCUT2D eigenvalue weighted by molar-refractivity contribution is 6.37. The summed E-state index contributed by atoms with van der Waals surface area (Å²) in [6.07, 6.45) is 7.38. The molecule has 402 valence electrons. The fraction of sp³-hybridized carbons (Fsp3) is 0.0822. The van der Waals surface area contributed by atoms with Crippen LogP contribution in [0.25, 0.3) is 99.8 Å². The van der Waals surface area contributed by atoms with Crippen molar-refractivity contribution in [3.63, 3.8) is 0 Å². The van der Waals surface area contributed by atoms with E-state index in [0.717, 1.165) is 110 Å². The number of hydrogen-bond donors (Lipinski definition) is 0. The molecule has 7 heterocycles. The number of imide groups is 2. The molecule has 0 atom stereocenters. The minimum atomic E-state index is -0.349. The number of amides is 4. The lowest BCUT2D eigenvalue weighted by atomic mass is 10.00. The molecule has 0 unspecified atom stereocenters. The molecule has 0 bridgehead atoms. The number of pyridine rings is 3. The van der Waals surface area contributed by atoms with Crippen molar-refractivity contribution in [2.45, 2.75) is 41.5 Å². The van der Waals surface area contributed by atoms with Crippen molar-refractivity contribution >= 4 is 78.6 Å². The molecule has 4 amide bonds. The van der Waals surface area contributed by atoms with E-state index in [1.165, 1.54) is 9.80 Å². The van der Waals surface area contributed by atoms with Crippen molar-refractivity contribution < 1.29 is 19.2 Å². The van der Waals surface area contributed by atoms with E-state index in [-0.39, 0.29) is 23.6 Å². The predicted octanol–water partition coefficient (Wildman–Crippen LogP) is 16.2. The summed E-state index contributed by atoms with van der Waals surface area (Å²) in [7, 11) is 0. The quantitative estimate of drug-likeness (QED) is 0.139. The molecule has 0 aliphatic carbocycles. The summed E-state index contributed by atoms with van der Waals surface area (Å²) in [5.41, 5.74) is 20.3. The normalized spacial score (nSPS) is 13.2. The second-order valence-electron chi connectivity index (χ2n) is 22.2. The van der Waals surface area contributed by atoms with Gasteiger partial charge in [-0.2, -0.15) is 0 Å². The fourth-order valence-electron chi connectivity index (χ4n) is 13.5. The second-order valence-corrected chi connectivity index (χ2v) is 22.2. The predicted molar refractivity (Wildman–Crippen MR) is 334 cm³/mol. The molecule has 0 fully saturated rings. The van der Waals surface area contributed by atoms with E-state index in [0.29, 0.717) is 56.4 Å². The van der Waals surface area contributed by atoms with Gasteiger partial charge < -0.3 is 9.13 Å². The molecule has 5 aromatic heterocycles. The van der Waals surface area contributed by atoms with Crippen molar-refractivity contribution in [3.05, 3.63) is 256 Å². The molecule has 0 N–H and O–H groups in total. The third-order valence-corrected chi connectivity index (χ3v) is 16.9. The van der Waals surface area contributed by atoms with Crippen LogP contribution in [0.1, 0.15) is 74.8 Å². The number of anilines is 2. The van der Waals surface area contributed by atoms with Gasteiger partial charge in [0, 0.05) is 63.0 Å². The summed E-state index contributed by atoms with van der Waals surface area (Å²) in [5, 5.41) is 3.95. The van der Waals surface area contributed by atoms with Crippen molar-refractivity contribution in [2.75, 3.05) is 9.80 Å². The van der Waals surface area contributed by atoms with Gasteiger partial charge in [-0.05, 0) is 159 Å². The maximum absolute atomic E-state index is 14.8. The highest BCUT2D eigenvalue weighted by Gasteiger charge is 2.42. The van der Waals surface area contributed by atoms with Crippen LogP contribution in [0.4, 0.5) is 11.4 Å². The van der Waals surface area contributed by atoms with Crippen molar-refractivity contribution in [3.8, 4) is 56.1 Å². The van der Waals surface area contributed by atoms with Gasteiger partial charge in [-0.1, -0.05) is 108 Å². The summed E-state index contributed by atoms with van der Waals surface area (Å²) in [5.74, 6) is -1.35.